The molecule has 0 aliphatic carbocycles. The Kier molecular flexibility index (Phi) is 6.44. The molecule has 1 heterocycles. The Balaban J connectivity index is 1.63. The zero-order valence-electron chi connectivity index (χ0n) is 15.2. The number of amides is 1. The first-order valence-electron chi connectivity index (χ1n) is 8.59. The topological polar surface area (TPSA) is 100 Å². The molecule has 1 aliphatic heterocycles. The highest BCUT2D eigenvalue weighted by Crippen LogP contribution is 2.23. The van der Waals surface area contributed by atoms with Gasteiger partial charge in [0, 0.05) is 0 Å². The Morgan fingerprint density at radius 2 is 2.07 bits per heavy atom. The molecule has 1 fully saturated rings. The standard InChI is InChI=1S/C20H19N3O4S/c1-13-7-8-15(9-16(13)27-12-14-5-3-2-4-6-14)11-21-23-20-22-19(26)17(28-20)10-18(24)25/h2-9,11,17H,10,12H2,1H3,(H,24,25)(H,22,23,26). The van der Waals surface area contributed by atoms with E-state index < -0.39 is 11.2 Å². The van der Waals surface area contributed by atoms with Crippen LogP contribution in [0.3, 0.4) is 0 Å². The Hall–Kier alpha value is -3.13. The number of carboxylic acid groups (broad SMARTS) is 1. The maximum Gasteiger partial charge on any atom is 0.305 e. The Labute approximate surface area is 166 Å². The van der Waals surface area contributed by atoms with E-state index in [-0.39, 0.29) is 12.3 Å². The number of rotatable bonds is 7. The Morgan fingerprint density at radius 3 is 2.82 bits per heavy atom. The second kappa shape index (κ2) is 9.18. The predicted octanol–water partition coefficient (Wildman–Crippen LogP) is 2.97. The number of hydrogen-bond acceptors (Lipinski definition) is 6. The van der Waals surface area contributed by atoms with Gasteiger partial charge in [-0.05, 0) is 29.7 Å². The maximum absolute atomic E-state index is 11.7. The number of benzene rings is 2. The molecule has 0 bridgehead atoms. The molecule has 0 aromatic heterocycles. The molecule has 8 heteroatoms. The lowest BCUT2D eigenvalue weighted by atomic mass is 10.1. The number of nitrogens with one attached hydrogen (secondary N) is 1. The first-order valence-corrected chi connectivity index (χ1v) is 9.47. The zero-order valence-corrected chi connectivity index (χ0v) is 16.0. The summed E-state index contributed by atoms with van der Waals surface area (Å²) >= 11 is 1.06. The van der Waals surface area contributed by atoms with Crippen molar-refractivity contribution in [3.63, 3.8) is 0 Å². The minimum absolute atomic E-state index is 0.251. The summed E-state index contributed by atoms with van der Waals surface area (Å²) in [6.07, 6.45) is 1.30. The largest absolute Gasteiger partial charge is 0.489 e. The number of carbonyl (C=O) groups is 2. The van der Waals surface area contributed by atoms with E-state index in [1.54, 1.807) is 6.21 Å². The molecular weight excluding hydrogens is 378 g/mol. The van der Waals surface area contributed by atoms with Gasteiger partial charge in [0.25, 0.3) is 0 Å². The summed E-state index contributed by atoms with van der Waals surface area (Å²) in [7, 11) is 0. The van der Waals surface area contributed by atoms with Crippen molar-refractivity contribution in [1.29, 1.82) is 0 Å². The van der Waals surface area contributed by atoms with E-state index in [4.69, 9.17) is 9.84 Å². The van der Waals surface area contributed by atoms with Crippen LogP contribution in [0.5, 0.6) is 5.75 Å². The van der Waals surface area contributed by atoms with Gasteiger partial charge in [-0.1, -0.05) is 54.2 Å². The lowest BCUT2D eigenvalue weighted by molar-refractivity contribution is -0.138. The van der Waals surface area contributed by atoms with Gasteiger partial charge in [-0.15, -0.1) is 5.10 Å². The lowest BCUT2D eigenvalue weighted by Crippen LogP contribution is -2.26. The molecule has 1 saturated heterocycles. The fourth-order valence-electron chi connectivity index (χ4n) is 2.48. The minimum Gasteiger partial charge on any atom is -0.489 e. The van der Waals surface area contributed by atoms with E-state index in [2.05, 4.69) is 15.5 Å². The van der Waals surface area contributed by atoms with Gasteiger partial charge in [-0.25, -0.2) is 0 Å². The molecule has 3 rings (SSSR count). The third kappa shape index (κ3) is 5.43. The molecule has 2 N–H and O–H groups in total. The van der Waals surface area contributed by atoms with Gasteiger partial charge >= 0.3 is 5.97 Å². The van der Waals surface area contributed by atoms with Crippen LogP contribution >= 0.6 is 11.8 Å². The number of thioether (sulfide) groups is 1. The van der Waals surface area contributed by atoms with Crippen LogP contribution in [0.4, 0.5) is 0 Å². The number of aliphatic carboxylic acids is 1. The molecule has 7 nitrogen and oxygen atoms in total. The summed E-state index contributed by atoms with van der Waals surface area (Å²) in [6.45, 7) is 2.44. The van der Waals surface area contributed by atoms with Gasteiger partial charge in [-0.2, -0.15) is 5.10 Å². The summed E-state index contributed by atoms with van der Waals surface area (Å²) in [6, 6.07) is 15.6. The summed E-state index contributed by atoms with van der Waals surface area (Å²) in [4.78, 5) is 22.4. The van der Waals surface area contributed by atoms with Crippen LogP contribution in [0.15, 0.2) is 58.7 Å². The molecule has 0 spiro atoms. The van der Waals surface area contributed by atoms with Crippen LogP contribution in [0.25, 0.3) is 0 Å². The van der Waals surface area contributed by atoms with E-state index in [9.17, 15) is 9.59 Å². The van der Waals surface area contributed by atoms with Crippen molar-refractivity contribution in [2.24, 2.45) is 10.2 Å². The minimum atomic E-state index is -1.03. The molecule has 28 heavy (non-hydrogen) atoms. The Morgan fingerprint density at radius 1 is 1.29 bits per heavy atom. The fraction of sp³-hybridized carbons (Fsp3) is 0.200. The van der Waals surface area contributed by atoms with Crippen molar-refractivity contribution in [3.05, 3.63) is 65.2 Å². The number of aryl methyl sites for hydroxylation is 1. The van der Waals surface area contributed by atoms with Gasteiger partial charge < -0.3 is 15.2 Å². The van der Waals surface area contributed by atoms with Crippen molar-refractivity contribution >= 4 is 35.0 Å². The van der Waals surface area contributed by atoms with Crippen LogP contribution in [0, 0.1) is 6.92 Å². The molecule has 0 radical (unpaired) electrons. The van der Waals surface area contributed by atoms with Gasteiger partial charge in [0.15, 0.2) is 5.17 Å². The highest BCUT2D eigenvalue weighted by Gasteiger charge is 2.32. The number of carbonyl (C=O) groups excluding carboxylic acids is 1. The van der Waals surface area contributed by atoms with Crippen molar-refractivity contribution in [1.82, 2.24) is 5.32 Å². The molecule has 1 unspecified atom stereocenters. The maximum atomic E-state index is 11.7. The van der Waals surface area contributed by atoms with Gasteiger partial charge in [0.05, 0.1) is 12.6 Å². The smallest absolute Gasteiger partial charge is 0.305 e. The fourth-order valence-corrected chi connectivity index (χ4v) is 3.40. The summed E-state index contributed by atoms with van der Waals surface area (Å²) in [5, 5.41) is 18.9. The van der Waals surface area contributed by atoms with Gasteiger partial charge in [0.1, 0.15) is 17.6 Å². The monoisotopic (exact) mass is 397 g/mol. The van der Waals surface area contributed by atoms with E-state index in [0.717, 1.165) is 34.2 Å². The average molecular weight is 397 g/mol. The van der Waals surface area contributed by atoms with Crippen molar-refractivity contribution in [2.75, 3.05) is 0 Å². The molecule has 144 valence electrons. The van der Waals surface area contributed by atoms with Crippen LogP contribution in [0.2, 0.25) is 0 Å². The normalized spacial score (nSPS) is 17.8. The van der Waals surface area contributed by atoms with Crippen LogP contribution in [-0.4, -0.2) is 33.6 Å². The summed E-state index contributed by atoms with van der Waals surface area (Å²) in [5.41, 5.74) is 2.89. The Bertz CT molecular complexity index is 928. The van der Waals surface area contributed by atoms with Crippen LogP contribution < -0.4 is 10.1 Å². The van der Waals surface area contributed by atoms with E-state index in [0.29, 0.717) is 11.8 Å². The number of ether oxygens (including phenoxy) is 1. The van der Waals surface area contributed by atoms with Gasteiger partial charge in [0.2, 0.25) is 5.91 Å². The molecule has 1 amide bonds. The van der Waals surface area contributed by atoms with Crippen LogP contribution in [0.1, 0.15) is 23.1 Å². The second-order valence-electron chi connectivity index (χ2n) is 6.14. The molecule has 2 aromatic rings. The van der Waals surface area contributed by atoms with Crippen molar-refractivity contribution < 1.29 is 19.4 Å². The predicted molar refractivity (Wildman–Crippen MR) is 109 cm³/mol. The van der Waals surface area contributed by atoms with Gasteiger partial charge in [-0.3, -0.25) is 9.59 Å². The van der Waals surface area contributed by atoms with E-state index in [1.165, 1.54) is 0 Å². The molecule has 0 saturated carbocycles. The highest BCUT2D eigenvalue weighted by molar-refractivity contribution is 8.15. The average Bonchev–Trinajstić information content (AvgIpc) is 3.01. The number of hydrogen-bond donors (Lipinski definition) is 2. The lowest BCUT2D eigenvalue weighted by Gasteiger charge is -2.09. The second-order valence-corrected chi connectivity index (χ2v) is 7.33. The number of amidine groups is 1. The highest BCUT2D eigenvalue weighted by atomic mass is 32.2. The molecule has 1 aliphatic rings. The zero-order chi connectivity index (χ0) is 19.9. The third-order valence-electron chi connectivity index (χ3n) is 3.94. The molecular formula is C20H19N3O4S. The van der Waals surface area contributed by atoms with E-state index in [1.807, 2.05) is 55.5 Å². The third-order valence-corrected chi connectivity index (χ3v) is 5.01. The first-order chi connectivity index (χ1) is 13.5. The summed E-state index contributed by atoms with van der Waals surface area (Å²) in [5.74, 6) is -0.640. The van der Waals surface area contributed by atoms with Crippen molar-refractivity contribution in [2.45, 2.75) is 25.2 Å². The number of nitrogens with zero attached hydrogens (tertiary/aromatic N) is 2. The number of carboxylic acids is 1. The van der Waals surface area contributed by atoms with Crippen molar-refractivity contribution in [3.8, 4) is 5.75 Å². The molecule has 2 aromatic carbocycles. The summed E-state index contributed by atoms with van der Waals surface area (Å²) < 4.78 is 5.89. The molecule has 1 atom stereocenters. The first kappa shape index (κ1) is 19.6. The van der Waals surface area contributed by atoms with Crippen LogP contribution in [-0.2, 0) is 16.2 Å². The quantitative estimate of drug-likeness (QED) is 0.553. The SMILES string of the molecule is Cc1ccc(C=NN=C2NC(=O)C(CC(=O)O)S2)cc1OCc1ccccc1. The van der Waals surface area contributed by atoms with E-state index >= 15 is 0 Å².